The van der Waals surface area contributed by atoms with Crippen molar-refractivity contribution in [3.63, 3.8) is 0 Å². The maximum Gasteiger partial charge on any atom is 0.339 e. The third-order valence-corrected chi connectivity index (χ3v) is 5.35. The van der Waals surface area contributed by atoms with Crippen molar-refractivity contribution in [3.8, 4) is 0 Å². The molecule has 28 heavy (non-hydrogen) atoms. The highest BCUT2D eigenvalue weighted by Gasteiger charge is 2.35. The molecule has 0 bridgehead atoms. The number of esters is 1. The van der Waals surface area contributed by atoms with Crippen LogP contribution >= 0.6 is 35.0 Å². The van der Waals surface area contributed by atoms with Gasteiger partial charge in [0.1, 0.15) is 0 Å². The van der Waals surface area contributed by atoms with Crippen molar-refractivity contribution in [3.05, 3.63) is 68.5 Å². The van der Waals surface area contributed by atoms with E-state index in [-0.39, 0.29) is 11.6 Å². The minimum absolute atomic E-state index is 0.0929. The maximum atomic E-state index is 12.6. The molecule has 1 saturated heterocycles. The average molecular weight is 437 g/mol. The van der Waals surface area contributed by atoms with E-state index in [1.165, 1.54) is 7.11 Å². The molecule has 1 aliphatic rings. The number of hydrogen-bond donors (Lipinski definition) is 1. The summed E-state index contributed by atoms with van der Waals surface area (Å²) < 4.78 is 4.73. The molecule has 0 atom stereocenters. The fourth-order valence-electron chi connectivity index (χ4n) is 2.49. The molecule has 0 aliphatic carbocycles. The van der Waals surface area contributed by atoms with Gasteiger partial charge in [-0.2, -0.15) is 0 Å². The molecule has 0 spiro atoms. The molecule has 1 fully saturated rings. The zero-order chi connectivity index (χ0) is 20.3. The number of carbonyl (C=O) groups is 3. The third-order valence-electron chi connectivity index (χ3n) is 3.88. The topological polar surface area (TPSA) is 75.7 Å². The Hall–Kier alpha value is -2.48. The molecule has 1 N–H and O–H groups in total. The summed E-state index contributed by atoms with van der Waals surface area (Å²) in [5.74, 6) is -0.974. The highest BCUT2D eigenvalue weighted by Crippen LogP contribution is 2.34. The van der Waals surface area contributed by atoms with Crippen LogP contribution in [0.15, 0.2) is 47.4 Å². The van der Waals surface area contributed by atoms with Crippen molar-refractivity contribution < 1.29 is 19.1 Å². The molecule has 9 heteroatoms. The van der Waals surface area contributed by atoms with Crippen molar-refractivity contribution in [1.29, 1.82) is 0 Å². The number of imide groups is 1. The lowest BCUT2D eigenvalue weighted by atomic mass is 10.2. The molecule has 0 aromatic heterocycles. The molecule has 6 nitrogen and oxygen atoms in total. The maximum absolute atomic E-state index is 12.6. The van der Waals surface area contributed by atoms with Gasteiger partial charge in [0.2, 0.25) is 0 Å². The number of carbonyl (C=O) groups excluding carboxylic acids is 3. The second kappa shape index (κ2) is 8.68. The number of nitrogens with one attached hydrogen (secondary N) is 1. The number of ether oxygens (including phenoxy) is 1. The molecule has 2 aromatic rings. The normalized spacial score (nSPS) is 15.2. The minimum atomic E-state index is -0.519. The number of nitrogens with zero attached hydrogens (tertiary/aromatic N) is 1. The van der Waals surface area contributed by atoms with Gasteiger partial charge in [-0.1, -0.05) is 41.4 Å². The lowest BCUT2D eigenvalue weighted by molar-refractivity contribution is -0.122. The lowest BCUT2D eigenvalue weighted by Gasteiger charge is -2.16. The van der Waals surface area contributed by atoms with Crippen LogP contribution in [-0.4, -0.2) is 35.8 Å². The molecule has 1 heterocycles. The van der Waals surface area contributed by atoms with Crippen molar-refractivity contribution in [1.82, 2.24) is 4.90 Å². The van der Waals surface area contributed by atoms with E-state index in [1.807, 2.05) is 0 Å². The van der Waals surface area contributed by atoms with Crippen LogP contribution in [0.2, 0.25) is 10.0 Å². The van der Waals surface area contributed by atoms with E-state index in [1.54, 1.807) is 48.5 Å². The number of benzene rings is 2. The zero-order valence-corrected chi connectivity index (χ0v) is 16.9. The van der Waals surface area contributed by atoms with E-state index in [9.17, 15) is 14.4 Å². The summed E-state index contributed by atoms with van der Waals surface area (Å²) in [5, 5.41) is 3.36. The summed E-state index contributed by atoms with van der Waals surface area (Å²) in [6, 6.07) is 11.5. The molecule has 1 aliphatic heterocycles. The SMILES string of the molecule is COC(=O)c1ccccc1NCN1C(=O)S/C(=C\c2ccc(Cl)cc2Cl)C1=O. The van der Waals surface area contributed by atoms with Crippen LogP contribution in [-0.2, 0) is 9.53 Å². The molecular formula is C19H14Cl2N2O4S. The van der Waals surface area contributed by atoms with Crippen LogP contribution in [0.5, 0.6) is 0 Å². The Morgan fingerprint density at radius 2 is 1.96 bits per heavy atom. The van der Waals surface area contributed by atoms with Crippen molar-refractivity contribution in [2.75, 3.05) is 19.1 Å². The molecule has 2 aromatic carbocycles. The molecular weight excluding hydrogens is 423 g/mol. The van der Waals surface area contributed by atoms with Gasteiger partial charge in [-0.3, -0.25) is 14.5 Å². The van der Waals surface area contributed by atoms with Crippen LogP contribution in [0.1, 0.15) is 15.9 Å². The Labute approximate surface area is 175 Å². The summed E-state index contributed by atoms with van der Waals surface area (Å²) in [5.41, 5.74) is 1.35. The molecule has 2 amide bonds. The number of para-hydroxylation sites is 1. The van der Waals surface area contributed by atoms with Crippen LogP contribution in [0, 0.1) is 0 Å². The lowest BCUT2D eigenvalue weighted by Crippen LogP contribution is -2.33. The highest BCUT2D eigenvalue weighted by molar-refractivity contribution is 8.18. The van der Waals surface area contributed by atoms with Gasteiger partial charge in [0.05, 0.1) is 29.9 Å². The van der Waals surface area contributed by atoms with Crippen LogP contribution in [0.4, 0.5) is 10.5 Å². The third kappa shape index (κ3) is 4.32. The molecule has 0 unspecified atom stereocenters. The van der Waals surface area contributed by atoms with Gasteiger partial charge >= 0.3 is 5.97 Å². The Balaban J connectivity index is 1.76. The van der Waals surface area contributed by atoms with Crippen molar-refractivity contribution in [2.45, 2.75) is 0 Å². The quantitative estimate of drug-likeness (QED) is 0.531. The van der Waals surface area contributed by atoms with Gasteiger partial charge in [-0.25, -0.2) is 4.79 Å². The van der Waals surface area contributed by atoms with E-state index in [2.05, 4.69) is 5.32 Å². The number of hydrogen-bond acceptors (Lipinski definition) is 6. The first-order valence-electron chi connectivity index (χ1n) is 8.02. The predicted molar refractivity (Wildman–Crippen MR) is 111 cm³/mol. The number of methoxy groups -OCH3 is 1. The van der Waals surface area contributed by atoms with Crippen LogP contribution in [0.25, 0.3) is 6.08 Å². The minimum Gasteiger partial charge on any atom is -0.465 e. The summed E-state index contributed by atoms with van der Waals surface area (Å²) in [4.78, 5) is 38.0. The molecule has 0 radical (unpaired) electrons. The number of rotatable bonds is 5. The van der Waals surface area contributed by atoms with Gasteiger partial charge in [0, 0.05) is 10.0 Å². The van der Waals surface area contributed by atoms with Gasteiger partial charge in [0.15, 0.2) is 0 Å². The van der Waals surface area contributed by atoms with Gasteiger partial charge in [0.25, 0.3) is 11.1 Å². The van der Waals surface area contributed by atoms with Gasteiger partial charge in [-0.15, -0.1) is 0 Å². The number of thioether (sulfide) groups is 1. The highest BCUT2D eigenvalue weighted by atomic mass is 35.5. The average Bonchev–Trinajstić information content (AvgIpc) is 2.95. The van der Waals surface area contributed by atoms with E-state index in [0.717, 1.165) is 16.7 Å². The first-order valence-corrected chi connectivity index (χ1v) is 9.59. The van der Waals surface area contributed by atoms with Crippen molar-refractivity contribution in [2.24, 2.45) is 0 Å². The van der Waals surface area contributed by atoms with Crippen LogP contribution < -0.4 is 5.32 Å². The molecule has 0 saturated carbocycles. The van der Waals surface area contributed by atoms with E-state index in [4.69, 9.17) is 27.9 Å². The summed E-state index contributed by atoms with van der Waals surface area (Å²) in [7, 11) is 1.28. The Morgan fingerprint density at radius 3 is 2.68 bits per heavy atom. The smallest absolute Gasteiger partial charge is 0.339 e. The van der Waals surface area contributed by atoms with Gasteiger partial charge < -0.3 is 10.1 Å². The standard InChI is InChI=1S/C19H14Cl2N2O4S/c1-27-18(25)13-4-2-3-5-15(13)22-10-23-17(24)16(28-19(23)26)8-11-6-7-12(20)9-14(11)21/h2-9,22H,10H2,1H3/b16-8-. The van der Waals surface area contributed by atoms with E-state index in [0.29, 0.717) is 26.9 Å². The molecule has 3 rings (SSSR count). The van der Waals surface area contributed by atoms with E-state index >= 15 is 0 Å². The van der Waals surface area contributed by atoms with Gasteiger partial charge in [-0.05, 0) is 47.7 Å². The number of amides is 2. The second-order valence-electron chi connectivity index (χ2n) is 5.65. The predicted octanol–water partition coefficient (Wildman–Crippen LogP) is 4.89. The Kier molecular flexibility index (Phi) is 6.28. The summed E-state index contributed by atoms with van der Waals surface area (Å²) in [6.07, 6.45) is 1.55. The van der Waals surface area contributed by atoms with Crippen LogP contribution in [0.3, 0.4) is 0 Å². The monoisotopic (exact) mass is 436 g/mol. The van der Waals surface area contributed by atoms with Crippen molar-refractivity contribution >= 4 is 63.8 Å². The Bertz CT molecular complexity index is 994. The zero-order valence-electron chi connectivity index (χ0n) is 14.6. The largest absolute Gasteiger partial charge is 0.465 e. The second-order valence-corrected chi connectivity index (χ2v) is 7.48. The first-order chi connectivity index (χ1) is 13.4. The summed E-state index contributed by atoms with van der Waals surface area (Å²) >= 11 is 12.8. The number of anilines is 1. The fourth-order valence-corrected chi connectivity index (χ4v) is 3.78. The first kappa shape index (κ1) is 20.3. The Morgan fingerprint density at radius 1 is 1.21 bits per heavy atom. The molecule has 144 valence electrons. The summed E-state index contributed by atoms with van der Waals surface area (Å²) in [6.45, 7) is -0.0929. The van der Waals surface area contributed by atoms with E-state index < -0.39 is 17.1 Å². The number of halogens is 2. The fraction of sp³-hybridized carbons (Fsp3) is 0.105.